The molecule has 2 aromatic carbocycles. The number of halogens is 2. The van der Waals surface area contributed by atoms with Crippen LogP contribution in [0.5, 0.6) is 17.2 Å². The van der Waals surface area contributed by atoms with E-state index in [0.717, 1.165) is 50.7 Å². The Morgan fingerprint density at radius 1 is 1.22 bits per heavy atom. The Labute approximate surface area is 190 Å². The van der Waals surface area contributed by atoms with Crippen molar-refractivity contribution in [1.82, 2.24) is 9.88 Å². The fourth-order valence-corrected chi connectivity index (χ4v) is 3.82. The molecular weight excluding hydrogens is 437 g/mol. The molecule has 1 fully saturated rings. The lowest BCUT2D eigenvalue weighted by molar-refractivity contribution is 0.0357. The lowest BCUT2D eigenvalue weighted by Crippen LogP contribution is -2.37. The first-order valence-corrected chi connectivity index (χ1v) is 10.8. The minimum absolute atomic E-state index is 0.0512. The Hall–Kier alpha value is -2.81. The van der Waals surface area contributed by atoms with Crippen LogP contribution in [0.2, 0.25) is 5.02 Å². The van der Waals surface area contributed by atoms with E-state index in [1.165, 1.54) is 6.07 Å². The molecule has 4 rings (SSSR count). The van der Waals surface area contributed by atoms with Crippen LogP contribution in [0, 0.1) is 5.82 Å². The van der Waals surface area contributed by atoms with Crippen LogP contribution in [0.15, 0.2) is 36.5 Å². The number of methoxy groups -OCH3 is 1. The van der Waals surface area contributed by atoms with Gasteiger partial charge < -0.3 is 24.6 Å². The number of hydrogen-bond acceptors (Lipinski definition) is 7. The number of fused-ring (bicyclic) bond motifs is 1. The van der Waals surface area contributed by atoms with Crippen LogP contribution in [0.1, 0.15) is 6.42 Å². The largest absolute Gasteiger partial charge is 0.506 e. The molecule has 9 heteroatoms. The number of anilines is 2. The van der Waals surface area contributed by atoms with E-state index in [1.807, 2.05) is 12.1 Å². The molecule has 1 saturated heterocycles. The van der Waals surface area contributed by atoms with Crippen molar-refractivity contribution >= 4 is 33.9 Å². The number of nitrogens with zero attached hydrogens (tertiary/aromatic N) is 2. The molecule has 3 aromatic rings. The Morgan fingerprint density at radius 3 is 2.81 bits per heavy atom. The molecule has 0 spiro atoms. The SMILES string of the molecule is COc1c(OCCCN2CCOCC2)ccc2c(Nc3cc(O)c(Cl)cc3F)ccnc12. The molecule has 0 unspecified atom stereocenters. The summed E-state index contributed by atoms with van der Waals surface area (Å²) in [6, 6.07) is 7.69. The van der Waals surface area contributed by atoms with Crippen LogP contribution in [-0.4, -0.2) is 61.6 Å². The van der Waals surface area contributed by atoms with Gasteiger partial charge in [0.2, 0.25) is 0 Å². The van der Waals surface area contributed by atoms with E-state index in [-0.39, 0.29) is 16.5 Å². The smallest absolute Gasteiger partial charge is 0.187 e. The molecule has 0 atom stereocenters. The number of pyridine rings is 1. The van der Waals surface area contributed by atoms with Crippen LogP contribution in [-0.2, 0) is 4.74 Å². The van der Waals surface area contributed by atoms with Gasteiger partial charge in [0.05, 0.1) is 37.6 Å². The fraction of sp³-hybridized carbons (Fsp3) is 0.348. The molecule has 0 bridgehead atoms. The predicted molar refractivity (Wildman–Crippen MR) is 122 cm³/mol. The Morgan fingerprint density at radius 2 is 2.03 bits per heavy atom. The monoisotopic (exact) mass is 461 g/mol. The number of nitrogens with one attached hydrogen (secondary N) is 1. The van der Waals surface area contributed by atoms with Gasteiger partial charge >= 0.3 is 0 Å². The van der Waals surface area contributed by atoms with Crippen LogP contribution in [0.25, 0.3) is 10.9 Å². The van der Waals surface area contributed by atoms with Crippen molar-refractivity contribution in [3.63, 3.8) is 0 Å². The molecule has 2 N–H and O–H groups in total. The van der Waals surface area contributed by atoms with Crippen LogP contribution < -0.4 is 14.8 Å². The third-order valence-corrected chi connectivity index (χ3v) is 5.62. The molecule has 32 heavy (non-hydrogen) atoms. The number of aromatic nitrogens is 1. The van der Waals surface area contributed by atoms with Gasteiger partial charge in [0, 0.05) is 43.0 Å². The van der Waals surface area contributed by atoms with Crippen molar-refractivity contribution in [1.29, 1.82) is 0 Å². The van der Waals surface area contributed by atoms with Crippen molar-refractivity contribution in [3.05, 3.63) is 47.4 Å². The van der Waals surface area contributed by atoms with E-state index >= 15 is 0 Å². The molecule has 0 amide bonds. The summed E-state index contributed by atoms with van der Waals surface area (Å²) in [4.78, 5) is 6.80. The summed E-state index contributed by atoms with van der Waals surface area (Å²) >= 11 is 5.77. The lowest BCUT2D eigenvalue weighted by atomic mass is 10.1. The summed E-state index contributed by atoms with van der Waals surface area (Å²) < 4.78 is 31.3. The molecule has 1 aromatic heterocycles. The highest BCUT2D eigenvalue weighted by atomic mass is 35.5. The van der Waals surface area contributed by atoms with E-state index in [9.17, 15) is 9.50 Å². The molecule has 2 heterocycles. The molecule has 7 nitrogen and oxygen atoms in total. The van der Waals surface area contributed by atoms with Crippen molar-refractivity contribution < 1.29 is 23.7 Å². The Kier molecular flexibility index (Phi) is 7.14. The molecule has 170 valence electrons. The van der Waals surface area contributed by atoms with Gasteiger partial charge in [-0.2, -0.15) is 0 Å². The molecule has 0 aliphatic carbocycles. The second kappa shape index (κ2) is 10.2. The topological polar surface area (TPSA) is 76.1 Å². The minimum Gasteiger partial charge on any atom is -0.506 e. The maximum absolute atomic E-state index is 14.3. The van der Waals surface area contributed by atoms with E-state index < -0.39 is 5.82 Å². The second-order valence-electron chi connectivity index (χ2n) is 7.42. The van der Waals surface area contributed by atoms with E-state index in [4.69, 9.17) is 25.8 Å². The Bertz CT molecular complexity index is 1090. The van der Waals surface area contributed by atoms with Gasteiger partial charge in [-0.25, -0.2) is 4.39 Å². The second-order valence-corrected chi connectivity index (χ2v) is 7.82. The number of phenolic OH excluding ortho intramolecular Hbond substituents is 1. The highest BCUT2D eigenvalue weighted by Crippen LogP contribution is 2.39. The molecular formula is C23H25ClFN3O4. The quantitative estimate of drug-likeness (QED) is 0.475. The van der Waals surface area contributed by atoms with Crippen molar-refractivity contribution in [2.45, 2.75) is 6.42 Å². The number of ether oxygens (including phenoxy) is 3. The van der Waals surface area contributed by atoms with E-state index in [1.54, 1.807) is 19.4 Å². The summed E-state index contributed by atoms with van der Waals surface area (Å²) in [5, 5.41) is 13.5. The van der Waals surface area contributed by atoms with Gasteiger partial charge in [-0.3, -0.25) is 9.88 Å². The third kappa shape index (κ3) is 4.98. The number of morpholine rings is 1. The van der Waals surface area contributed by atoms with E-state index in [2.05, 4.69) is 15.2 Å². The van der Waals surface area contributed by atoms with Crippen molar-refractivity contribution in [3.8, 4) is 17.2 Å². The number of benzene rings is 2. The number of phenols is 1. The molecule has 1 aliphatic heterocycles. The van der Waals surface area contributed by atoms with Gasteiger partial charge in [0.1, 0.15) is 17.1 Å². The average molecular weight is 462 g/mol. The van der Waals surface area contributed by atoms with Gasteiger partial charge in [0.25, 0.3) is 0 Å². The van der Waals surface area contributed by atoms with E-state index in [0.29, 0.717) is 29.3 Å². The van der Waals surface area contributed by atoms with Gasteiger partial charge in [-0.1, -0.05) is 11.6 Å². The van der Waals surface area contributed by atoms with Crippen molar-refractivity contribution in [2.75, 3.05) is 51.9 Å². The first kappa shape index (κ1) is 22.4. The average Bonchev–Trinajstić information content (AvgIpc) is 2.80. The highest BCUT2D eigenvalue weighted by molar-refractivity contribution is 6.32. The third-order valence-electron chi connectivity index (χ3n) is 5.32. The summed E-state index contributed by atoms with van der Waals surface area (Å²) in [6.45, 7) is 4.95. The number of rotatable bonds is 8. The predicted octanol–water partition coefficient (Wildman–Crippen LogP) is 4.59. The molecule has 0 saturated carbocycles. The summed E-state index contributed by atoms with van der Waals surface area (Å²) in [7, 11) is 1.56. The van der Waals surface area contributed by atoms with Gasteiger partial charge in [-0.05, 0) is 30.7 Å². The highest BCUT2D eigenvalue weighted by Gasteiger charge is 2.16. The van der Waals surface area contributed by atoms with Gasteiger partial charge in [-0.15, -0.1) is 0 Å². The first-order chi connectivity index (χ1) is 15.6. The van der Waals surface area contributed by atoms with Crippen LogP contribution in [0.3, 0.4) is 0 Å². The summed E-state index contributed by atoms with van der Waals surface area (Å²) in [5.41, 5.74) is 1.29. The van der Waals surface area contributed by atoms with Crippen LogP contribution >= 0.6 is 11.6 Å². The van der Waals surface area contributed by atoms with Gasteiger partial charge in [0.15, 0.2) is 11.5 Å². The normalized spacial score (nSPS) is 14.5. The molecule has 0 radical (unpaired) electrons. The van der Waals surface area contributed by atoms with Crippen LogP contribution in [0.4, 0.5) is 15.8 Å². The Balaban J connectivity index is 1.51. The zero-order valence-corrected chi connectivity index (χ0v) is 18.5. The minimum atomic E-state index is -0.579. The zero-order valence-electron chi connectivity index (χ0n) is 17.7. The lowest BCUT2D eigenvalue weighted by Gasteiger charge is -2.26. The number of aromatic hydroxyl groups is 1. The fourth-order valence-electron chi connectivity index (χ4n) is 3.67. The van der Waals surface area contributed by atoms with Crippen molar-refractivity contribution in [2.24, 2.45) is 0 Å². The summed E-state index contributed by atoms with van der Waals surface area (Å²) in [5.74, 6) is 0.322. The first-order valence-electron chi connectivity index (χ1n) is 10.4. The number of hydrogen-bond donors (Lipinski definition) is 2. The standard InChI is InChI=1S/C23H25ClFN3O4/c1-30-23-21(32-10-2-7-28-8-11-31-12-9-28)4-3-15-18(5-6-26-22(15)23)27-19-14-20(29)16(24)13-17(19)25/h3-6,13-14,29H,2,7-12H2,1H3,(H,26,27). The molecule has 1 aliphatic rings. The maximum atomic E-state index is 14.3. The maximum Gasteiger partial charge on any atom is 0.187 e. The summed E-state index contributed by atoms with van der Waals surface area (Å²) in [6.07, 6.45) is 2.48. The zero-order chi connectivity index (χ0) is 22.5.